The molecule has 128 valence electrons. The molecule has 3 nitrogen and oxygen atoms in total. The van der Waals surface area contributed by atoms with E-state index in [0.717, 1.165) is 32.0 Å². The van der Waals surface area contributed by atoms with E-state index in [2.05, 4.69) is 48.0 Å². The molecular formula is C18H37N3Zr. The molecule has 0 unspecified atom stereocenters. The normalized spacial score (nSPS) is 11.0. The predicted octanol–water partition coefficient (Wildman–Crippen LogP) is 5.75. The van der Waals surface area contributed by atoms with Crippen molar-refractivity contribution in [3.8, 4) is 0 Å². The number of rotatable bonds is 5. The first kappa shape index (κ1) is 30.2. The van der Waals surface area contributed by atoms with Gasteiger partial charge in [0.2, 0.25) is 0 Å². The molecule has 1 rings (SSSR count). The molecule has 0 atom stereocenters. The molecule has 0 fully saturated rings. The second-order valence-corrected chi connectivity index (χ2v) is 4.80. The third-order valence-electron chi connectivity index (χ3n) is 2.34. The molecule has 0 heterocycles. The van der Waals surface area contributed by atoms with Gasteiger partial charge in [-0.3, -0.25) is 6.08 Å². The fourth-order valence-corrected chi connectivity index (χ4v) is 1.03. The molecule has 4 heteroatoms. The van der Waals surface area contributed by atoms with E-state index in [1.165, 1.54) is 12.0 Å². The van der Waals surface area contributed by atoms with Crippen molar-refractivity contribution in [2.45, 2.75) is 47.5 Å². The van der Waals surface area contributed by atoms with Crippen molar-refractivity contribution >= 4 is 0 Å². The van der Waals surface area contributed by atoms with Crippen LogP contribution in [0.4, 0.5) is 0 Å². The van der Waals surface area contributed by atoms with Gasteiger partial charge < -0.3 is 16.0 Å². The van der Waals surface area contributed by atoms with Crippen LogP contribution in [-0.4, -0.2) is 40.8 Å². The number of hydrogen-bond donors (Lipinski definition) is 0. The average molecular weight is 387 g/mol. The van der Waals surface area contributed by atoms with E-state index in [1.807, 2.05) is 20.8 Å². The van der Waals surface area contributed by atoms with Crippen molar-refractivity contribution in [1.82, 2.24) is 0 Å². The van der Waals surface area contributed by atoms with Gasteiger partial charge in [0.1, 0.15) is 0 Å². The monoisotopic (exact) mass is 385 g/mol. The van der Waals surface area contributed by atoms with Crippen LogP contribution in [0, 0.1) is 12.0 Å². The summed E-state index contributed by atoms with van der Waals surface area (Å²) < 4.78 is 0. The molecule has 0 radical (unpaired) electrons. The second kappa shape index (κ2) is 29.3. The first-order valence-corrected chi connectivity index (χ1v) is 7.96. The summed E-state index contributed by atoms with van der Waals surface area (Å²) in [6.07, 6.45) is 9.86. The summed E-state index contributed by atoms with van der Waals surface area (Å²) in [4.78, 5) is 0. The van der Waals surface area contributed by atoms with E-state index in [-0.39, 0.29) is 26.2 Å². The Morgan fingerprint density at radius 1 is 0.955 bits per heavy atom. The van der Waals surface area contributed by atoms with Gasteiger partial charge in [-0.25, -0.2) is 11.6 Å². The molecule has 0 aromatic heterocycles. The molecule has 1 aliphatic rings. The van der Waals surface area contributed by atoms with Crippen molar-refractivity contribution in [3.05, 3.63) is 39.8 Å². The van der Waals surface area contributed by atoms with E-state index in [0.29, 0.717) is 0 Å². The first-order chi connectivity index (χ1) is 10.0. The summed E-state index contributed by atoms with van der Waals surface area (Å²) in [5, 5.41) is 11.2. The largest absolute Gasteiger partial charge is 4.00 e. The van der Waals surface area contributed by atoms with Gasteiger partial charge in [0.05, 0.1) is 0 Å². The first-order valence-electron chi connectivity index (χ1n) is 7.96. The molecule has 0 aliphatic heterocycles. The van der Waals surface area contributed by atoms with Crippen LogP contribution >= 0.6 is 0 Å². The summed E-state index contributed by atoms with van der Waals surface area (Å²) in [6.45, 7) is 13.3. The molecule has 22 heavy (non-hydrogen) atoms. The molecule has 0 bridgehead atoms. The zero-order valence-electron chi connectivity index (χ0n) is 16.1. The summed E-state index contributed by atoms with van der Waals surface area (Å²) >= 11 is 0. The van der Waals surface area contributed by atoms with E-state index >= 15 is 0 Å². The van der Waals surface area contributed by atoms with Gasteiger partial charge in [-0.05, 0) is 5.92 Å². The maximum atomic E-state index is 3.74. The summed E-state index contributed by atoms with van der Waals surface area (Å²) in [7, 11) is 5.42. The van der Waals surface area contributed by atoms with Crippen LogP contribution in [0.5, 0.6) is 0 Å². The van der Waals surface area contributed by atoms with E-state index < -0.39 is 0 Å². The average Bonchev–Trinajstić information content (AvgIpc) is 3.00. The Balaban J connectivity index is -0.000000107. The number of nitrogens with zero attached hydrogens (tertiary/aromatic N) is 3. The molecule has 0 amide bonds. The van der Waals surface area contributed by atoms with Crippen LogP contribution in [0.2, 0.25) is 0 Å². The minimum Gasteiger partial charge on any atom is -0.665 e. The Morgan fingerprint density at radius 3 is 1.50 bits per heavy atom. The minimum atomic E-state index is 0. The van der Waals surface area contributed by atoms with Gasteiger partial charge in [-0.2, -0.15) is 46.9 Å². The van der Waals surface area contributed by atoms with Crippen molar-refractivity contribution in [2.24, 2.45) is 5.92 Å². The van der Waals surface area contributed by atoms with E-state index in [1.54, 1.807) is 21.1 Å². The van der Waals surface area contributed by atoms with Gasteiger partial charge in [-0.15, -0.1) is 6.42 Å². The topological polar surface area (TPSA) is 42.3 Å². The smallest absolute Gasteiger partial charge is 0.665 e. The molecule has 0 N–H and O–H groups in total. The molecule has 0 saturated heterocycles. The maximum Gasteiger partial charge on any atom is 4.00 e. The van der Waals surface area contributed by atoms with Gasteiger partial charge in [0.15, 0.2) is 0 Å². The fourth-order valence-electron chi connectivity index (χ4n) is 1.03. The molecule has 0 aromatic rings. The van der Waals surface area contributed by atoms with Crippen LogP contribution in [0.25, 0.3) is 16.0 Å². The molecule has 0 saturated carbocycles. The number of hydrogen-bond acceptors (Lipinski definition) is 0. The minimum absolute atomic E-state index is 0. The third kappa shape index (κ3) is 37.0. The maximum absolute atomic E-state index is 3.74. The summed E-state index contributed by atoms with van der Waals surface area (Å²) in [5.41, 5.74) is 1.39. The zero-order valence-corrected chi connectivity index (χ0v) is 18.6. The Hall–Kier alpha value is 0.243. The van der Waals surface area contributed by atoms with Gasteiger partial charge in [0, 0.05) is 0 Å². The third-order valence-corrected chi connectivity index (χ3v) is 2.34. The van der Waals surface area contributed by atoms with Gasteiger partial charge in [-0.1, -0.05) is 41.0 Å². The van der Waals surface area contributed by atoms with Crippen molar-refractivity contribution < 1.29 is 26.2 Å². The predicted molar refractivity (Wildman–Crippen MR) is 99.4 cm³/mol. The van der Waals surface area contributed by atoms with E-state index in [9.17, 15) is 0 Å². The van der Waals surface area contributed by atoms with Crippen LogP contribution < -0.4 is 0 Å². The van der Waals surface area contributed by atoms with Crippen LogP contribution in [-0.2, 0) is 26.2 Å². The molecule has 0 aromatic carbocycles. The van der Waals surface area contributed by atoms with E-state index in [4.69, 9.17) is 0 Å². The standard InChI is InChI=1S/C9H13.3C3H8N.Zr/c1-8(2)7-9-5-3-4-6-9;3*1-3-4-2;/h3,5,8H,4,7H2,1-2H3;3*3H2,1-2H3;/q4*-1;+4. The van der Waals surface area contributed by atoms with Crippen molar-refractivity contribution in [1.29, 1.82) is 0 Å². The molecular weight excluding hydrogens is 349 g/mol. The Bertz CT molecular complexity index is 211. The van der Waals surface area contributed by atoms with Crippen molar-refractivity contribution in [2.75, 3.05) is 40.8 Å². The van der Waals surface area contributed by atoms with Crippen molar-refractivity contribution in [3.63, 3.8) is 0 Å². The van der Waals surface area contributed by atoms with Crippen LogP contribution in [0.15, 0.2) is 17.7 Å². The Morgan fingerprint density at radius 2 is 1.32 bits per heavy atom. The van der Waals surface area contributed by atoms with Crippen LogP contribution in [0.3, 0.4) is 0 Å². The molecule has 0 spiro atoms. The van der Waals surface area contributed by atoms with Gasteiger partial charge in [0.25, 0.3) is 0 Å². The number of allylic oxidation sites excluding steroid dienone is 4. The second-order valence-electron chi connectivity index (χ2n) is 4.80. The van der Waals surface area contributed by atoms with Gasteiger partial charge >= 0.3 is 26.2 Å². The fraction of sp³-hybridized carbons (Fsp3) is 0.778. The zero-order chi connectivity index (χ0) is 16.9. The SMILES string of the molecule is CC(C)CC1=[C-]CC=C1.CC[N-]C.CC[N-]C.CC[N-]C.[Zr+4]. The quantitative estimate of drug-likeness (QED) is 0.540. The molecule has 1 aliphatic carbocycles. The summed E-state index contributed by atoms with van der Waals surface area (Å²) in [6, 6.07) is 0. The Labute approximate surface area is 159 Å². The Kier molecular flexibility index (Phi) is 40.1. The summed E-state index contributed by atoms with van der Waals surface area (Å²) in [5.74, 6) is 0.773. The van der Waals surface area contributed by atoms with Crippen LogP contribution in [0.1, 0.15) is 47.5 Å².